The van der Waals surface area contributed by atoms with Crippen LogP contribution < -0.4 is 10.2 Å². The summed E-state index contributed by atoms with van der Waals surface area (Å²) in [5.41, 5.74) is 0.908. The van der Waals surface area contributed by atoms with Crippen molar-refractivity contribution in [3.63, 3.8) is 0 Å². The number of pyridine rings is 1. The highest BCUT2D eigenvalue weighted by Crippen LogP contribution is 2.43. The van der Waals surface area contributed by atoms with E-state index in [-0.39, 0.29) is 17.7 Å². The van der Waals surface area contributed by atoms with E-state index in [4.69, 9.17) is 0 Å². The third-order valence-corrected chi connectivity index (χ3v) is 4.48. The molecule has 0 radical (unpaired) electrons. The molecule has 3 rings (SSSR count). The lowest BCUT2D eigenvalue weighted by Gasteiger charge is -2.43. The summed E-state index contributed by atoms with van der Waals surface area (Å²) in [6.07, 6.45) is 5.35. The molecule has 1 saturated carbocycles. The van der Waals surface area contributed by atoms with E-state index in [1.165, 1.54) is 0 Å². The van der Waals surface area contributed by atoms with Crippen LogP contribution in [0.3, 0.4) is 0 Å². The van der Waals surface area contributed by atoms with E-state index >= 15 is 0 Å². The summed E-state index contributed by atoms with van der Waals surface area (Å²) in [7, 11) is 0. The number of nitrogens with one attached hydrogen (secondary N) is 1. The zero-order chi connectivity index (χ0) is 14.5. The molecule has 2 aliphatic rings. The van der Waals surface area contributed by atoms with Gasteiger partial charge in [-0.3, -0.25) is 19.5 Å². The van der Waals surface area contributed by atoms with Crippen LogP contribution in [-0.4, -0.2) is 28.4 Å². The molecule has 5 nitrogen and oxygen atoms in total. The van der Waals surface area contributed by atoms with E-state index in [1.54, 1.807) is 24.2 Å². The van der Waals surface area contributed by atoms with E-state index < -0.39 is 11.6 Å². The Labute approximate surface area is 118 Å². The number of aromatic nitrogens is 1. The van der Waals surface area contributed by atoms with Gasteiger partial charge in [0.15, 0.2) is 0 Å². The van der Waals surface area contributed by atoms with Crippen molar-refractivity contribution >= 4 is 17.5 Å². The number of carbonyl (C=O) groups is 2. The van der Waals surface area contributed by atoms with Crippen molar-refractivity contribution in [1.82, 2.24) is 10.3 Å². The van der Waals surface area contributed by atoms with Crippen LogP contribution in [0.5, 0.6) is 0 Å². The van der Waals surface area contributed by atoms with E-state index in [9.17, 15) is 9.59 Å². The van der Waals surface area contributed by atoms with Crippen molar-refractivity contribution in [3.8, 4) is 0 Å². The highest BCUT2D eigenvalue weighted by Gasteiger charge is 2.55. The van der Waals surface area contributed by atoms with Crippen molar-refractivity contribution in [2.45, 2.75) is 45.2 Å². The lowest BCUT2D eigenvalue weighted by Crippen LogP contribution is -2.70. The summed E-state index contributed by atoms with van der Waals surface area (Å²) in [6.45, 7) is 5.53. The van der Waals surface area contributed by atoms with E-state index in [2.05, 4.69) is 10.3 Å². The second-order valence-electron chi connectivity index (χ2n) is 5.98. The van der Waals surface area contributed by atoms with Crippen molar-refractivity contribution in [2.24, 2.45) is 5.92 Å². The average Bonchev–Trinajstić information content (AvgIpc) is 3.24. The normalized spacial score (nSPS) is 30.4. The number of anilines is 1. The Balaban J connectivity index is 2.05. The van der Waals surface area contributed by atoms with Gasteiger partial charge in [-0.15, -0.1) is 0 Å². The van der Waals surface area contributed by atoms with Gasteiger partial charge in [-0.2, -0.15) is 0 Å². The lowest BCUT2D eigenvalue weighted by atomic mass is 9.89. The molecule has 20 heavy (non-hydrogen) atoms. The first kappa shape index (κ1) is 13.1. The minimum atomic E-state index is -0.772. The van der Waals surface area contributed by atoms with Gasteiger partial charge >= 0.3 is 0 Å². The Morgan fingerprint density at radius 2 is 2.10 bits per heavy atom. The first-order valence-corrected chi connectivity index (χ1v) is 7.01. The predicted molar refractivity (Wildman–Crippen MR) is 75.2 cm³/mol. The Morgan fingerprint density at radius 3 is 2.70 bits per heavy atom. The molecule has 1 N–H and O–H groups in total. The Bertz CT molecular complexity index is 582. The zero-order valence-electron chi connectivity index (χ0n) is 12.0. The van der Waals surface area contributed by atoms with Gasteiger partial charge in [-0.05, 0) is 51.2 Å². The first-order chi connectivity index (χ1) is 9.45. The molecule has 2 amide bonds. The second kappa shape index (κ2) is 4.30. The summed E-state index contributed by atoms with van der Waals surface area (Å²) < 4.78 is 0. The highest BCUT2D eigenvalue weighted by atomic mass is 16.2. The van der Waals surface area contributed by atoms with Crippen LogP contribution in [0.1, 0.15) is 32.3 Å². The summed E-state index contributed by atoms with van der Waals surface area (Å²) in [6, 6.07) is 1.35. The average molecular weight is 273 g/mol. The molecule has 5 heteroatoms. The van der Waals surface area contributed by atoms with Gasteiger partial charge in [-0.1, -0.05) is 0 Å². The fourth-order valence-corrected chi connectivity index (χ4v) is 2.92. The smallest absolute Gasteiger partial charge is 0.253 e. The maximum absolute atomic E-state index is 12.9. The third kappa shape index (κ3) is 1.80. The van der Waals surface area contributed by atoms with Crippen LogP contribution in [0.4, 0.5) is 5.69 Å². The van der Waals surface area contributed by atoms with E-state index in [1.807, 2.05) is 19.9 Å². The van der Waals surface area contributed by atoms with Crippen LogP contribution in [0.2, 0.25) is 0 Å². The molecule has 1 saturated heterocycles. The van der Waals surface area contributed by atoms with Crippen LogP contribution in [-0.2, 0) is 9.59 Å². The van der Waals surface area contributed by atoms with Gasteiger partial charge < -0.3 is 5.32 Å². The molecular weight excluding hydrogens is 254 g/mol. The van der Waals surface area contributed by atoms with Crippen LogP contribution >= 0.6 is 0 Å². The molecule has 0 spiro atoms. The van der Waals surface area contributed by atoms with Crippen LogP contribution in [0, 0.1) is 12.8 Å². The number of rotatable bonds is 2. The number of carbonyl (C=O) groups excluding carboxylic acids is 2. The Hall–Kier alpha value is -1.91. The minimum absolute atomic E-state index is 0.0248. The molecule has 1 aromatic rings. The van der Waals surface area contributed by atoms with Gasteiger partial charge in [0.2, 0.25) is 5.91 Å². The second-order valence-corrected chi connectivity index (χ2v) is 5.98. The molecule has 2 atom stereocenters. The van der Waals surface area contributed by atoms with Crippen molar-refractivity contribution in [2.75, 3.05) is 4.90 Å². The molecule has 2 heterocycles. The number of aryl methyl sites for hydroxylation is 1. The zero-order valence-corrected chi connectivity index (χ0v) is 12.0. The first-order valence-electron chi connectivity index (χ1n) is 7.01. The van der Waals surface area contributed by atoms with Gasteiger partial charge in [0, 0.05) is 6.20 Å². The maximum Gasteiger partial charge on any atom is 0.253 e. The monoisotopic (exact) mass is 273 g/mol. The number of hydrogen-bond donors (Lipinski definition) is 1. The van der Waals surface area contributed by atoms with E-state index in [0.29, 0.717) is 0 Å². The fraction of sp³-hybridized carbons (Fsp3) is 0.533. The SMILES string of the molecule is Cc1ccncc1N1C(=O)C(C)(C2CC2)NC(=O)C1C. The standard InChI is InChI=1S/C15H19N3O2/c1-9-6-7-16-8-12(9)18-10(2)13(19)17-15(3,14(18)20)11-4-5-11/h6-8,10-11H,4-5H2,1-3H3,(H,17,19). The Kier molecular flexibility index (Phi) is 2.81. The van der Waals surface area contributed by atoms with Crippen LogP contribution in [0.15, 0.2) is 18.5 Å². The quantitative estimate of drug-likeness (QED) is 0.886. The predicted octanol–water partition coefficient (Wildman–Crippen LogP) is 1.41. The van der Waals surface area contributed by atoms with Gasteiger partial charge in [-0.25, -0.2) is 0 Å². The third-order valence-electron chi connectivity index (χ3n) is 4.48. The van der Waals surface area contributed by atoms with Gasteiger partial charge in [0.1, 0.15) is 11.6 Å². The molecule has 1 aliphatic carbocycles. The summed E-state index contributed by atoms with van der Waals surface area (Å²) in [4.78, 5) is 30.9. The lowest BCUT2D eigenvalue weighted by molar-refractivity contribution is -0.138. The van der Waals surface area contributed by atoms with Gasteiger partial charge in [0.25, 0.3) is 5.91 Å². The molecule has 2 fully saturated rings. The summed E-state index contributed by atoms with van der Waals surface area (Å²) in [5, 5.41) is 2.92. The van der Waals surface area contributed by atoms with Gasteiger partial charge in [0.05, 0.1) is 11.9 Å². The highest BCUT2D eigenvalue weighted by molar-refractivity contribution is 6.11. The fourth-order valence-electron chi connectivity index (χ4n) is 2.92. The summed E-state index contributed by atoms with van der Waals surface area (Å²) in [5.74, 6) is 0.136. The van der Waals surface area contributed by atoms with Crippen molar-refractivity contribution < 1.29 is 9.59 Å². The summed E-state index contributed by atoms with van der Waals surface area (Å²) >= 11 is 0. The number of nitrogens with zero attached hydrogens (tertiary/aromatic N) is 2. The molecule has 2 unspecified atom stereocenters. The minimum Gasteiger partial charge on any atom is -0.340 e. The molecule has 1 aliphatic heterocycles. The van der Waals surface area contributed by atoms with E-state index in [0.717, 1.165) is 24.1 Å². The maximum atomic E-state index is 12.9. The number of hydrogen-bond acceptors (Lipinski definition) is 3. The molecule has 0 bridgehead atoms. The van der Waals surface area contributed by atoms with Crippen molar-refractivity contribution in [3.05, 3.63) is 24.0 Å². The van der Waals surface area contributed by atoms with Crippen LogP contribution in [0.25, 0.3) is 0 Å². The molecule has 0 aromatic carbocycles. The number of piperazine rings is 1. The molecular formula is C15H19N3O2. The largest absolute Gasteiger partial charge is 0.340 e. The number of amides is 2. The topological polar surface area (TPSA) is 62.3 Å². The molecule has 1 aromatic heterocycles. The Morgan fingerprint density at radius 1 is 1.40 bits per heavy atom. The molecule has 106 valence electrons. The van der Waals surface area contributed by atoms with Crippen molar-refractivity contribution in [1.29, 1.82) is 0 Å².